The molecule has 0 spiro atoms. The van der Waals surface area contributed by atoms with Crippen LogP contribution in [0.25, 0.3) is 0 Å². The number of carbonyl (C=O) groups excluding carboxylic acids is 1. The first-order chi connectivity index (χ1) is 11.3. The fourth-order valence-corrected chi connectivity index (χ4v) is 3.90. The van der Waals surface area contributed by atoms with Gasteiger partial charge in [0, 0.05) is 17.9 Å². The SMILES string of the molecule is O=C1CC(c2cc(F)c(S(=O)(=O)Nc3cccc(F)n3)cc2Cl)C1. The summed E-state index contributed by atoms with van der Waals surface area (Å²) in [7, 11) is -4.33. The summed E-state index contributed by atoms with van der Waals surface area (Å²) in [4.78, 5) is 13.7. The molecule has 126 valence electrons. The van der Waals surface area contributed by atoms with E-state index in [9.17, 15) is 22.0 Å². The number of benzene rings is 1. The number of nitrogens with zero attached hydrogens (tertiary/aromatic N) is 1. The number of Topliss-reactive ketones (excluding diaryl/α,β-unsaturated/α-hetero) is 1. The summed E-state index contributed by atoms with van der Waals surface area (Å²) in [6.45, 7) is 0. The smallest absolute Gasteiger partial charge is 0.266 e. The second-order valence-corrected chi connectivity index (χ2v) is 7.46. The number of halogens is 3. The maximum Gasteiger partial charge on any atom is 0.266 e. The lowest BCUT2D eigenvalue weighted by Crippen LogP contribution is -2.22. The normalized spacial score (nSPS) is 15.2. The molecule has 9 heteroatoms. The van der Waals surface area contributed by atoms with E-state index in [0.29, 0.717) is 5.56 Å². The number of pyridine rings is 1. The molecule has 0 aliphatic heterocycles. The van der Waals surface area contributed by atoms with Gasteiger partial charge in [-0.05, 0) is 35.7 Å². The van der Waals surface area contributed by atoms with E-state index in [2.05, 4.69) is 4.98 Å². The first-order valence-corrected chi connectivity index (χ1v) is 8.78. The maximum absolute atomic E-state index is 14.3. The minimum atomic E-state index is -4.33. The van der Waals surface area contributed by atoms with Crippen LogP contribution in [0.4, 0.5) is 14.6 Å². The number of aromatic nitrogens is 1. The molecule has 1 aromatic heterocycles. The van der Waals surface area contributed by atoms with E-state index in [4.69, 9.17) is 11.6 Å². The molecule has 1 saturated carbocycles. The predicted octanol–water partition coefficient (Wildman–Crippen LogP) is 3.26. The average molecular weight is 373 g/mol. The van der Waals surface area contributed by atoms with Crippen LogP contribution >= 0.6 is 11.6 Å². The molecule has 0 amide bonds. The van der Waals surface area contributed by atoms with Gasteiger partial charge in [0.15, 0.2) is 0 Å². The predicted molar refractivity (Wildman–Crippen MR) is 83.4 cm³/mol. The summed E-state index contributed by atoms with van der Waals surface area (Å²) in [6, 6.07) is 5.54. The zero-order valence-electron chi connectivity index (χ0n) is 12.1. The molecule has 1 aliphatic carbocycles. The van der Waals surface area contributed by atoms with E-state index in [0.717, 1.165) is 18.2 Å². The van der Waals surface area contributed by atoms with Gasteiger partial charge >= 0.3 is 0 Å². The van der Waals surface area contributed by atoms with Crippen molar-refractivity contribution in [3.05, 3.63) is 52.7 Å². The van der Waals surface area contributed by atoms with Crippen molar-refractivity contribution in [2.24, 2.45) is 0 Å². The minimum Gasteiger partial charge on any atom is -0.300 e. The van der Waals surface area contributed by atoms with E-state index in [1.54, 1.807) is 0 Å². The van der Waals surface area contributed by atoms with Gasteiger partial charge in [-0.3, -0.25) is 9.52 Å². The summed E-state index contributed by atoms with van der Waals surface area (Å²) in [5.74, 6) is -2.31. The highest BCUT2D eigenvalue weighted by Crippen LogP contribution is 2.39. The molecule has 1 N–H and O–H groups in total. The van der Waals surface area contributed by atoms with Crippen LogP contribution in [-0.4, -0.2) is 19.2 Å². The van der Waals surface area contributed by atoms with Gasteiger partial charge in [0.05, 0.1) is 0 Å². The quantitative estimate of drug-likeness (QED) is 0.836. The van der Waals surface area contributed by atoms with Crippen molar-refractivity contribution >= 4 is 33.2 Å². The molecule has 1 aromatic carbocycles. The number of rotatable bonds is 4. The second kappa shape index (κ2) is 6.10. The van der Waals surface area contributed by atoms with Crippen LogP contribution in [0.15, 0.2) is 35.2 Å². The summed E-state index contributed by atoms with van der Waals surface area (Å²) >= 11 is 6.05. The Kier molecular flexibility index (Phi) is 4.27. The number of carbonyl (C=O) groups is 1. The molecular weight excluding hydrogens is 362 g/mol. The van der Waals surface area contributed by atoms with Crippen molar-refractivity contribution in [1.82, 2.24) is 4.98 Å². The molecule has 0 radical (unpaired) electrons. The van der Waals surface area contributed by atoms with E-state index >= 15 is 0 Å². The highest BCUT2D eigenvalue weighted by molar-refractivity contribution is 7.92. The average Bonchev–Trinajstić information content (AvgIpc) is 2.45. The highest BCUT2D eigenvalue weighted by Gasteiger charge is 2.31. The van der Waals surface area contributed by atoms with E-state index in [1.165, 1.54) is 12.1 Å². The third-order valence-corrected chi connectivity index (χ3v) is 5.38. The Morgan fingerprint density at radius 3 is 2.54 bits per heavy atom. The summed E-state index contributed by atoms with van der Waals surface area (Å²) in [5, 5.41) is 0.0569. The standard InChI is InChI=1S/C15H11ClF2N2O3S/c16-11-7-13(12(17)6-10(11)8-4-9(21)5-8)24(22,23)20-15-3-1-2-14(18)19-15/h1-3,6-8H,4-5H2,(H,19,20). The number of nitrogens with one attached hydrogen (secondary N) is 1. The fraction of sp³-hybridized carbons (Fsp3) is 0.200. The topological polar surface area (TPSA) is 76.1 Å². The number of hydrogen-bond donors (Lipinski definition) is 1. The van der Waals surface area contributed by atoms with Crippen molar-refractivity contribution in [1.29, 1.82) is 0 Å². The fourth-order valence-electron chi connectivity index (χ4n) is 2.43. The van der Waals surface area contributed by atoms with Crippen molar-refractivity contribution in [2.45, 2.75) is 23.7 Å². The first-order valence-electron chi connectivity index (χ1n) is 6.92. The number of anilines is 1. The Morgan fingerprint density at radius 2 is 1.92 bits per heavy atom. The molecule has 0 unspecified atom stereocenters. The van der Waals surface area contributed by atoms with Gasteiger partial charge in [0.2, 0.25) is 5.95 Å². The van der Waals surface area contributed by atoms with Crippen LogP contribution in [0.1, 0.15) is 24.3 Å². The van der Waals surface area contributed by atoms with Crippen molar-refractivity contribution in [3.63, 3.8) is 0 Å². The zero-order valence-corrected chi connectivity index (χ0v) is 13.7. The van der Waals surface area contributed by atoms with Gasteiger partial charge in [-0.1, -0.05) is 17.7 Å². The third kappa shape index (κ3) is 3.25. The lowest BCUT2D eigenvalue weighted by atomic mass is 9.79. The maximum atomic E-state index is 14.3. The van der Waals surface area contributed by atoms with Crippen LogP contribution in [0.2, 0.25) is 5.02 Å². The zero-order chi connectivity index (χ0) is 17.5. The van der Waals surface area contributed by atoms with Gasteiger partial charge in [0.1, 0.15) is 22.3 Å². The van der Waals surface area contributed by atoms with Gasteiger partial charge in [-0.15, -0.1) is 0 Å². The minimum absolute atomic E-state index is 0.0482. The van der Waals surface area contributed by atoms with Crippen molar-refractivity contribution in [3.8, 4) is 0 Å². The second-order valence-electron chi connectivity index (χ2n) is 5.40. The Bertz CT molecular complexity index is 926. The Balaban J connectivity index is 1.93. The molecule has 1 aliphatic rings. The molecule has 5 nitrogen and oxygen atoms in total. The largest absolute Gasteiger partial charge is 0.300 e. The summed E-state index contributed by atoms with van der Waals surface area (Å²) < 4.78 is 53.9. The van der Waals surface area contributed by atoms with E-state index < -0.39 is 26.7 Å². The molecule has 24 heavy (non-hydrogen) atoms. The van der Waals surface area contributed by atoms with Gasteiger partial charge < -0.3 is 0 Å². The van der Waals surface area contributed by atoms with E-state index in [-0.39, 0.29) is 35.4 Å². The van der Waals surface area contributed by atoms with Crippen LogP contribution in [0, 0.1) is 11.8 Å². The number of sulfonamides is 1. The Morgan fingerprint density at radius 1 is 1.21 bits per heavy atom. The molecule has 0 atom stereocenters. The van der Waals surface area contributed by atoms with Crippen LogP contribution < -0.4 is 4.72 Å². The van der Waals surface area contributed by atoms with Crippen molar-refractivity contribution < 1.29 is 22.0 Å². The molecule has 3 rings (SSSR count). The highest BCUT2D eigenvalue weighted by atomic mass is 35.5. The Labute approximate surface area is 141 Å². The van der Waals surface area contributed by atoms with Gasteiger partial charge in [-0.2, -0.15) is 4.39 Å². The summed E-state index contributed by atoms with van der Waals surface area (Å²) in [5.41, 5.74) is 0.400. The first kappa shape index (κ1) is 16.8. The molecule has 1 fully saturated rings. The molecule has 0 bridgehead atoms. The number of hydrogen-bond acceptors (Lipinski definition) is 4. The molecule has 2 aromatic rings. The van der Waals surface area contributed by atoms with Crippen LogP contribution in [0.5, 0.6) is 0 Å². The Hall–Kier alpha value is -2.06. The molecule has 0 saturated heterocycles. The molecule has 1 heterocycles. The lowest BCUT2D eigenvalue weighted by molar-refractivity contribution is -0.124. The van der Waals surface area contributed by atoms with Crippen LogP contribution in [-0.2, 0) is 14.8 Å². The third-order valence-electron chi connectivity index (χ3n) is 3.68. The monoisotopic (exact) mass is 372 g/mol. The molecular formula is C15H11ClF2N2O3S. The lowest BCUT2D eigenvalue weighted by Gasteiger charge is -2.25. The van der Waals surface area contributed by atoms with E-state index in [1.807, 2.05) is 4.72 Å². The summed E-state index contributed by atoms with van der Waals surface area (Å²) in [6.07, 6.45) is 0.521. The number of ketones is 1. The van der Waals surface area contributed by atoms with Gasteiger partial charge in [0.25, 0.3) is 10.0 Å². The van der Waals surface area contributed by atoms with Crippen molar-refractivity contribution in [2.75, 3.05) is 4.72 Å². The van der Waals surface area contributed by atoms with Crippen LogP contribution in [0.3, 0.4) is 0 Å². The van der Waals surface area contributed by atoms with Gasteiger partial charge in [-0.25, -0.2) is 17.8 Å².